The maximum Gasteiger partial charge on any atom is 0.306 e. The van der Waals surface area contributed by atoms with Gasteiger partial charge < -0.3 is 9.84 Å². The molecule has 0 bridgehead atoms. The van der Waals surface area contributed by atoms with Crippen molar-refractivity contribution in [2.75, 3.05) is 7.11 Å². The molecular formula is C22H23ClN4O3. The van der Waals surface area contributed by atoms with Gasteiger partial charge in [-0.1, -0.05) is 37.6 Å². The van der Waals surface area contributed by atoms with Crippen LogP contribution in [0.25, 0.3) is 5.69 Å². The quantitative estimate of drug-likeness (QED) is 0.656. The first kappa shape index (κ1) is 21.5. The molecule has 1 aromatic heterocycles. The van der Waals surface area contributed by atoms with Crippen LogP contribution in [0.3, 0.4) is 0 Å². The molecule has 0 amide bonds. The summed E-state index contributed by atoms with van der Waals surface area (Å²) >= 11 is 6.04. The lowest BCUT2D eigenvalue weighted by Crippen LogP contribution is -2.10. The van der Waals surface area contributed by atoms with E-state index in [-0.39, 0.29) is 6.42 Å². The number of benzene rings is 2. The van der Waals surface area contributed by atoms with Crippen LogP contribution in [0.1, 0.15) is 49.1 Å². The average molecular weight is 427 g/mol. The molecule has 0 radical (unpaired) electrons. The summed E-state index contributed by atoms with van der Waals surface area (Å²) in [4.78, 5) is 16.3. The van der Waals surface area contributed by atoms with Crippen molar-refractivity contribution in [2.24, 2.45) is 4.99 Å². The fourth-order valence-electron chi connectivity index (χ4n) is 3.34. The molecule has 1 aliphatic heterocycles. The minimum absolute atomic E-state index is 0.194. The Labute approximate surface area is 180 Å². The van der Waals surface area contributed by atoms with E-state index < -0.39 is 12.0 Å². The highest BCUT2D eigenvalue weighted by molar-refractivity contribution is 6.30. The van der Waals surface area contributed by atoms with E-state index >= 15 is 0 Å². The van der Waals surface area contributed by atoms with Gasteiger partial charge in [-0.3, -0.25) is 14.4 Å². The summed E-state index contributed by atoms with van der Waals surface area (Å²) in [5, 5.41) is 18.4. The number of aryl methyl sites for hydroxylation is 1. The Morgan fingerprint density at radius 3 is 2.50 bits per heavy atom. The van der Waals surface area contributed by atoms with Crippen molar-refractivity contribution in [3.63, 3.8) is 0 Å². The number of aliphatic imine (C=N–C) groups is 1. The Kier molecular flexibility index (Phi) is 6.52. The van der Waals surface area contributed by atoms with Crippen LogP contribution < -0.4 is 4.74 Å². The first-order valence-electron chi connectivity index (χ1n) is 9.64. The smallest absolute Gasteiger partial charge is 0.306 e. The molecule has 30 heavy (non-hydrogen) atoms. The van der Waals surface area contributed by atoms with Crippen LogP contribution in [0.4, 0.5) is 0 Å². The molecule has 8 heteroatoms. The molecule has 2 heterocycles. The van der Waals surface area contributed by atoms with Crippen LogP contribution in [0.2, 0.25) is 5.02 Å². The van der Waals surface area contributed by atoms with Crippen LogP contribution in [0.15, 0.2) is 47.5 Å². The van der Waals surface area contributed by atoms with E-state index in [2.05, 4.69) is 10.2 Å². The van der Waals surface area contributed by atoms with Gasteiger partial charge in [-0.25, -0.2) is 0 Å². The van der Waals surface area contributed by atoms with Crippen molar-refractivity contribution >= 4 is 23.3 Å². The summed E-state index contributed by atoms with van der Waals surface area (Å²) < 4.78 is 7.26. The number of carboxylic acid groups (broad SMARTS) is 1. The third kappa shape index (κ3) is 4.07. The second-order valence-electron chi connectivity index (χ2n) is 6.42. The lowest BCUT2D eigenvalue weighted by molar-refractivity contribution is -0.137. The van der Waals surface area contributed by atoms with Crippen molar-refractivity contribution in [1.82, 2.24) is 14.8 Å². The van der Waals surface area contributed by atoms with Crippen molar-refractivity contribution in [3.05, 3.63) is 70.3 Å². The van der Waals surface area contributed by atoms with Gasteiger partial charge in [0.1, 0.15) is 17.6 Å². The number of fused-ring (bicyclic) bond motifs is 3. The van der Waals surface area contributed by atoms with Crippen molar-refractivity contribution in [2.45, 2.75) is 33.2 Å². The third-order valence-corrected chi connectivity index (χ3v) is 4.87. The van der Waals surface area contributed by atoms with Gasteiger partial charge in [0.05, 0.1) is 24.9 Å². The Morgan fingerprint density at radius 1 is 1.17 bits per heavy atom. The Morgan fingerprint density at radius 2 is 1.87 bits per heavy atom. The molecule has 1 N–H and O–H groups in total. The van der Waals surface area contributed by atoms with Gasteiger partial charge in [-0.05, 0) is 37.3 Å². The maximum absolute atomic E-state index is 11.5. The third-order valence-electron chi connectivity index (χ3n) is 4.62. The highest BCUT2D eigenvalue weighted by atomic mass is 35.5. The zero-order valence-electron chi connectivity index (χ0n) is 17.3. The molecule has 4 rings (SSSR count). The Hall–Kier alpha value is -3.19. The van der Waals surface area contributed by atoms with Gasteiger partial charge >= 0.3 is 5.97 Å². The molecule has 2 aromatic carbocycles. The molecule has 0 fully saturated rings. The lowest BCUT2D eigenvalue weighted by atomic mass is 10.00. The summed E-state index contributed by atoms with van der Waals surface area (Å²) in [6, 6.07) is 12.2. The second-order valence-corrected chi connectivity index (χ2v) is 6.86. The molecule has 156 valence electrons. The van der Waals surface area contributed by atoms with Crippen molar-refractivity contribution in [3.8, 4) is 11.4 Å². The number of methoxy groups -OCH3 is 1. The van der Waals surface area contributed by atoms with Gasteiger partial charge in [0, 0.05) is 16.1 Å². The van der Waals surface area contributed by atoms with Crippen LogP contribution in [-0.4, -0.2) is 38.7 Å². The van der Waals surface area contributed by atoms with E-state index in [1.165, 1.54) is 0 Å². The van der Waals surface area contributed by atoms with E-state index in [9.17, 15) is 9.90 Å². The SMILES string of the molecule is CC.COc1ccc2c(c1)C(c1ccc(Cl)cc1)=N[C@@H](CC(=O)O)c1nnc(C)n1-2. The highest BCUT2D eigenvalue weighted by Crippen LogP contribution is 2.34. The number of ether oxygens (including phenoxy) is 1. The van der Waals surface area contributed by atoms with Gasteiger partial charge in [-0.15, -0.1) is 10.2 Å². The predicted octanol–water partition coefficient (Wildman–Crippen LogP) is 4.63. The fraction of sp³-hybridized carbons (Fsp3) is 0.273. The number of aliphatic carboxylic acids is 1. The number of nitrogens with zero attached hydrogens (tertiary/aromatic N) is 4. The number of rotatable bonds is 4. The van der Waals surface area contributed by atoms with Crippen LogP contribution in [0, 0.1) is 6.92 Å². The molecule has 0 unspecified atom stereocenters. The Balaban J connectivity index is 0.00000124. The summed E-state index contributed by atoms with van der Waals surface area (Å²) in [7, 11) is 1.60. The van der Waals surface area contributed by atoms with Gasteiger partial charge in [0.2, 0.25) is 0 Å². The fourth-order valence-corrected chi connectivity index (χ4v) is 3.47. The first-order valence-corrected chi connectivity index (χ1v) is 10.0. The van der Waals surface area contributed by atoms with Gasteiger partial charge in [0.25, 0.3) is 0 Å². The maximum atomic E-state index is 11.5. The molecule has 3 aromatic rings. The Bertz CT molecular complexity index is 1090. The van der Waals surface area contributed by atoms with Gasteiger partial charge in [-0.2, -0.15) is 0 Å². The number of halogens is 1. The van der Waals surface area contributed by atoms with Crippen LogP contribution >= 0.6 is 11.6 Å². The average Bonchev–Trinajstić information content (AvgIpc) is 3.07. The standard InChI is InChI=1S/C20H17ClN4O3.C2H6/c1-11-23-24-20-16(10-18(26)27)22-19(12-3-5-13(21)6-4-12)15-9-14(28-2)7-8-17(15)25(11)20;1-2/h3-9,16H,10H2,1-2H3,(H,26,27);1-2H3/t16-;/m0./s1. The molecular weight excluding hydrogens is 404 g/mol. The minimum atomic E-state index is -0.958. The first-order chi connectivity index (χ1) is 14.5. The van der Waals surface area contributed by atoms with Gasteiger partial charge in [0.15, 0.2) is 5.82 Å². The number of carbonyl (C=O) groups is 1. The lowest BCUT2D eigenvalue weighted by Gasteiger charge is -2.14. The van der Waals surface area contributed by atoms with E-state index in [0.717, 1.165) is 16.8 Å². The number of aromatic nitrogens is 3. The largest absolute Gasteiger partial charge is 0.497 e. The molecule has 7 nitrogen and oxygen atoms in total. The molecule has 0 saturated heterocycles. The highest BCUT2D eigenvalue weighted by Gasteiger charge is 2.29. The monoisotopic (exact) mass is 426 g/mol. The normalized spacial score (nSPS) is 14.4. The summed E-state index contributed by atoms with van der Waals surface area (Å²) in [6.07, 6.45) is -0.194. The topological polar surface area (TPSA) is 89.6 Å². The van der Waals surface area contributed by atoms with Crippen molar-refractivity contribution in [1.29, 1.82) is 0 Å². The summed E-state index contributed by atoms with van der Waals surface area (Å²) in [5.74, 6) is 0.865. The number of hydrogen-bond acceptors (Lipinski definition) is 5. The second kappa shape index (κ2) is 9.09. The summed E-state index contributed by atoms with van der Waals surface area (Å²) in [5.41, 5.74) is 3.10. The molecule has 0 spiro atoms. The van der Waals surface area contributed by atoms with Crippen LogP contribution in [-0.2, 0) is 4.79 Å². The zero-order valence-corrected chi connectivity index (χ0v) is 18.0. The van der Waals surface area contributed by atoms with Crippen molar-refractivity contribution < 1.29 is 14.6 Å². The molecule has 0 saturated carbocycles. The molecule has 1 aliphatic rings. The van der Waals surface area contributed by atoms with Crippen LogP contribution in [0.5, 0.6) is 5.75 Å². The number of carboxylic acids is 1. The summed E-state index contributed by atoms with van der Waals surface area (Å²) in [6.45, 7) is 5.83. The zero-order chi connectivity index (χ0) is 21.8. The number of hydrogen-bond donors (Lipinski definition) is 1. The molecule has 1 atom stereocenters. The minimum Gasteiger partial charge on any atom is -0.497 e. The predicted molar refractivity (Wildman–Crippen MR) is 116 cm³/mol. The molecule has 0 aliphatic carbocycles. The van der Waals surface area contributed by atoms with E-state index in [4.69, 9.17) is 21.3 Å². The van der Waals surface area contributed by atoms with E-state index in [1.807, 2.05) is 55.7 Å². The van der Waals surface area contributed by atoms with E-state index in [1.54, 1.807) is 19.2 Å². The van der Waals surface area contributed by atoms with E-state index in [0.29, 0.717) is 28.1 Å².